The average Bonchev–Trinajstić information content (AvgIpc) is 3.16. The fourth-order valence-corrected chi connectivity index (χ4v) is 5.59. The first-order chi connectivity index (χ1) is 18.2. The zero-order valence-corrected chi connectivity index (χ0v) is 22.8. The van der Waals surface area contributed by atoms with Crippen LogP contribution in [-0.2, 0) is 14.3 Å². The number of carbonyl (C=O) groups is 2. The molecule has 1 aliphatic rings. The zero-order valence-electron chi connectivity index (χ0n) is 20.5. The van der Waals surface area contributed by atoms with Crippen LogP contribution in [0.3, 0.4) is 0 Å². The van der Waals surface area contributed by atoms with Gasteiger partial charge >= 0.3 is 11.9 Å². The summed E-state index contributed by atoms with van der Waals surface area (Å²) in [4.78, 5) is 42.5. The molecule has 0 aliphatic carbocycles. The number of hydrogen-bond acceptors (Lipinski definition) is 8. The van der Waals surface area contributed by atoms with E-state index >= 15 is 0 Å². The van der Waals surface area contributed by atoms with Gasteiger partial charge < -0.3 is 19.3 Å². The molecule has 1 atom stereocenters. The molecular weight excluding hydrogens is 555 g/mol. The minimum absolute atomic E-state index is 0.0728. The van der Waals surface area contributed by atoms with Crippen molar-refractivity contribution in [1.29, 1.82) is 0 Å². The molecule has 3 aromatic rings. The number of hydrogen-bond donors (Lipinski definition) is 1. The Morgan fingerprint density at radius 1 is 1.21 bits per heavy atom. The van der Waals surface area contributed by atoms with E-state index < -0.39 is 30.1 Å². The first-order valence-electron chi connectivity index (χ1n) is 11.3. The standard InChI is InChI=1S/C26H22Cl2N2O7S/c1-4-36-25(34)21-13(2)29-26-30(22(21)15-7-5-6-8-16(15)27)24(33)19(38-26)11-14-9-17(28)23(18(10-14)35-3)37-12-20(31)32/h5-11,22H,4,12H2,1-3H3,(H,31,32)/b19-11-/t22-/m0/s1. The number of esters is 1. The predicted molar refractivity (Wildman–Crippen MR) is 143 cm³/mol. The molecule has 0 amide bonds. The summed E-state index contributed by atoms with van der Waals surface area (Å²) in [5.74, 6) is -1.48. The van der Waals surface area contributed by atoms with Gasteiger partial charge in [0.25, 0.3) is 5.56 Å². The first-order valence-corrected chi connectivity index (χ1v) is 12.9. The molecule has 0 saturated heterocycles. The van der Waals surface area contributed by atoms with Gasteiger partial charge in [-0.2, -0.15) is 0 Å². The van der Waals surface area contributed by atoms with Crippen molar-refractivity contribution in [3.05, 3.63) is 88.5 Å². The highest BCUT2D eigenvalue weighted by molar-refractivity contribution is 7.07. The summed E-state index contributed by atoms with van der Waals surface area (Å²) in [6.07, 6.45) is 1.60. The van der Waals surface area contributed by atoms with Crippen LogP contribution in [0.15, 0.2) is 57.5 Å². The molecule has 0 fully saturated rings. The van der Waals surface area contributed by atoms with E-state index in [1.807, 2.05) is 0 Å². The smallest absolute Gasteiger partial charge is 0.341 e. The highest BCUT2D eigenvalue weighted by Crippen LogP contribution is 2.37. The third kappa shape index (κ3) is 5.33. The van der Waals surface area contributed by atoms with Crippen LogP contribution in [0, 0.1) is 0 Å². The summed E-state index contributed by atoms with van der Waals surface area (Å²) in [6.45, 7) is 2.95. The van der Waals surface area contributed by atoms with E-state index in [-0.39, 0.29) is 28.7 Å². The van der Waals surface area contributed by atoms with Crippen molar-refractivity contribution < 1.29 is 28.9 Å². The summed E-state index contributed by atoms with van der Waals surface area (Å²) in [5.41, 5.74) is 1.32. The second-order valence-corrected chi connectivity index (χ2v) is 9.86. The third-order valence-electron chi connectivity index (χ3n) is 5.61. The van der Waals surface area contributed by atoms with Crippen LogP contribution in [0.25, 0.3) is 6.08 Å². The number of benzene rings is 2. The lowest BCUT2D eigenvalue weighted by Gasteiger charge is -2.25. The van der Waals surface area contributed by atoms with Gasteiger partial charge in [-0.15, -0.1) is 0 Å². The molecule has 38 heavy (non-hydrogen) atoms. The Morgan fingerprint density at radius 2 is 1.95 bits per heavy atom. The number of aromatic nitrogens is 1. The minimum Gasteiger partial charge on any atom is -0.493 e. The van der Waals surface area contributed by atoms with Crippen LogP contribution in [0.1, 0.15) is 31.0 Å². The Kier molecular flexibility index (Phi) is 8.25. The van der Waals surface area contributed by atoms with Crippen LogP contribution in [0.2, 0.25) is 10.0 Å². The number of thiazole rings is 1. The lowest BCUT2D eigenvalue weighted by molar-refractivity contribution is -0.140. The number of carboxylic acid groups (broad SMARTS) is 1. The fourth-order valence-electron chi connectivity index (χ4n) is 4.03. The van der Waals surface area contributed by atoms with Crippen molar-refractivity contribution in [2.24, 2.45) is 4.99 Å². The van der Waals surface area contributed by atoms with Gasteiger partial charge in [0, 0.05) is 5.02 Å². The average molecular weight is 577 g/mol. The number of halogens is 2. The maximum absolute atomic E-state index is 13.7. The molecule has 0 bridgehead atoms. The molecule has 0 unspecified atom stereocenters. The Balaban J connectivity index is 1.90. The van der Waals surface area contributed by atoms with E-state index in [2.05, 4.69) is 4.99 Å². The lowest BCUT2D eigenvalue weighted by atomic mass is 9.96. The van der Waals surface area contributed by atoms with Crippen LogP contribution >= 0.6 is 34.5 Å². The number of aliphatic carboxylic acids is 1. The van der Waals surface area contributed by atoms with Gasteiger partial charge in [0.2, 0.25) is 0 Å². The van der Waals surface area contributed by atoms with Crippen molar-refractivity contribution in [3.8, 4) is 11.5 Å². The van der Waals surface area contributed by atoms with Crippen molar-refractivity contribution in [1.82, 2.24) is 4.57 Å². The number of ether oxygens (including phenoxy) is 3. The van der Waals surface area contributed by atoms with E-state index in [0.29, 0.717) is 31.2 Å². The summed E-state index contributed by atoms with van der Waals surface area (Å²) < 4.78 is 17.6. The maximum atomic E-state index is 13.7. The van der Waals surface area contributed by atoms with E-state index in [9.17, 15) is 14.4 Å². The topological polar surface area (TPSA) is 116 Å². The summed E-state index contributed by atoms with van der Waals surface area (Å²) in [6, 6.07) is 9.23. The van der Waals surface area contributed by atoms with Gasteiger partial charge in [0.05, 0.1) is 34.5 Å². The molecular formula is C26H22Cl2N2O7S. The number of fused-ring (bicyclic) bond motifs is 1. The van der Waals surface area contributed by atoms with Crippen LogP contribution in [-0.4, -0.2) is 41.9 Å². The number of methoxy groups -OCH3 is 1. The fraction of sp³-hybridized carbons (Fsp3) is 0.231. The predicted octanol–water partition coefficient (Wildman–Crippen LogP) is 3.58. The molecule has 2 heterocycles. The molecule has 4 rings (SSSR count). The van der Waals surface area contributed by atoms with Crippen LogP contribution < -0.4 is 24.4 Å². The third-order valence-corrected chi connectivity index (χ3v) is 7.21. The molecule has 2 aromatic carbocycles. The van der Waals surface area contributed by atoms with Crippen LogP contribution in [0.4, 0.5) is 0 Å². The molecule has 1 N–H and O–H groups in total. The highest BCUT2D eigenvalue weighted by Gasteiger charge is 2.34. The molecule has 198 valence electrons. The molecule has 9 nitrogen and oxygen atoms in total. The van der Waals surface area contributed by atoms with Gasteiger partial charge in [-0.3, -0.25) is 9.36 Å². The maximum Gasteiger partial charge on any atom is 0.341 e. The second kappa shape index (κ2) is 11.4. The van der Waals surface area contributed by atoms with Gasteiger partial charge in [-0.1, -0.05) is 52.7 Å². The largest absolute Gasteiger partial charge is 0.493 e. The number of allylic oxidation sites excluding steroid dienone is 1. The van der Waals surface area contributed by atoms with E-state index in [1.54, 1.807) is 50.3 Å². The van der Waals surface area contributed by atoms with E-state index in [0.717, 1.165) is 11.3 Å². The number of carbonyl (C=O) groups excluding carboxylic acids is 1. The Labute approximate surface area is 230 Å². The van der Waals surface area contributed by atoms with Gasteiger partial charge in [0.1, 0.15) is 6.04 Å². The van der Waals surface area contributed by atoms with E-state index in [4.69, 9.17) is 42.5 Å². The lowest BCUT2D eigenvalue weighted by Crippen LogP contribution is -2.40. The molecule has 0 radical (unpaired) electrons. The Bertz CT molecular complexity index is 1640. The Hall–Kier alpha value is -3.60. The molecule has 12 heteroatoms. The van der Waals surface area contributed by atoms with Crippen molar-refractivity contribution in [2.75, 3.05) is 20.3 Å². The monoisotopic (exact) mass is 576 g/mol. The second-order valence-electron chi connectivity index (χ2n) is 8.04. The first kappa shape index (κ1) is 27.4. The van der Waals surface area contributed by atoms with Crippen LogP contribution in [0.5, 0.6) is 11.5 Å². The summed E-state index contributed by atoms with van der Waals surface area (Å²) in [5, 5.41) is 9.41. The van der Waals surface area contributed by atoms with Crippen molar-refractivity contribution in [3.63, 3.8) is 0 Å². The molecule has 0 saturated carbocycles. The Morgan fingerprint density at radius 3 is 2.61 bits per heavy atom. The van der Waals surface area contributed by atoms with Gasteiger partial charge in [-0.25, -0.2) is 14.6 Å². The van der Waals surface area contributed by atoms with Crippen molar-refractivity contribution in [2.45, 2.75) is 19.9 Å². The minimum atomic E-state index is -1.17. The summed E-state index contributed by atoms with van der Waals surface area (Å²) in [7, 11) is 1.39. The zero-order chi connectivity index (χ0) is 27.6. The number of rotatable bonds is 8. The van der Waals surface area contributed by atoms with Gasteiger partial charge in [0.15, 0.2) is 22.9 Å². The highest BCUT2D eigenvalue weighted by atomic mass is 35.5. The van der Waals surface area contributed by atoms with Crippen molar-refractivity contribution >= 4 is 52.6 Å². The summed E-state index contributed by atoms with van der Waals surface area (Å²) >= 11 is 14.0. The molecule has 1 aromatic heterocycles. The normalized spacial score (nSPS) is 15.1. The molecule has 0 spiro atoms. The quantitative estimate of drug-likeness (QED) is 0.407. The van der Waals surface area contributed by atoms with Gasteiger partial charge in [-0.05, 0) is 49.2 Å². The number of carboxylic acids is 1. The number of nitrogens with zero attached hydrogens (tertiary/aromatic N) is 2. The molecule has 1 aliphatic heterocycles. The SMILES string of the molecule is CCOC(=O)C1=C(C)N=c2s/c(=C\c3cc(Cl)c(OCC(=O)O)c(OC)c3)c(=O)n2[C@H]1c1ccccc1Cl. The van der Waals surface area contributed by atoms with E-state index in [1.165, 1.54) is 17.7 Å².